The molecule has 0 aromatic carbocycles. The van der Waals surface area contributed by atoms with Crippen molar-refractivity contribution in [2.24, 2.45) is 5.92 Å². The minimum Gasteiger partial charge on any atom is -0.465 e. The Morgan fingerprint density at radius 1 is 1.33 bits per heavy atom. The zero-order chi connectivity index (χ0) is 13.0. The van der Waals surface area contributed by atoms with E-state index in [1.54, 1.807) is 0 Å². The van der Waals surface area contributed by atoms with Crippen LogP contribution in [0.25, 0.3) is 0 Å². The minimum absolute atomic E-state index is 0.208. The van der Waals surface area contributed by atoms with E-state index in [4.69, 9.17) is 9.84 Å². The van der Waals surface area contributed by atoms with E-state index in [0.29, 0.717) is 18.8 Å². The summed E-state index contributed by atoms with van der Waals surface area (Å²) in [6.07, 6.45) is 6.62. The third-order valence-electron chi connectivity index (χ3n) is 3.99. The summed E-state index contributed by atoms with van der Waals surface area (Å²) in [6.45, 7) is 0. The van der Waals surface area contributed by atoms with Crippen molar-refractivity contribution in [1.29, 1.82) is 0 Å². The standard InChI is InChI=1S/C13H21NO4/c15-12-7-6-11(18-12)10(14-13(16)17)8-9-4-2-1-3-5-9/h9-11,14H,1-8H2,(H,16,17)/t10-,11-/m0/s1. The first kappa shape index (κ1) is 13.2. The highest BCUT2D eigenvalue weighted by atomic mass is 16.6. The van der Waals surface area contributed by atoms with Crippen LogP contribution in [0.5, 0.6) is 0 Å². The Balaban J connectivity index is 1.91. The number of hydrogen-bond donors (Lipinski definition) is 2. The maximum atomic E-state index is 11.1. The molecule has 0 bridgehead atoms. The van der Waals surface area contributed by atoms with Crippen molar-refractivity contribution in [1.82, 2.24) is 5.32 Å². The highest BCUT2D eigenvalue weighted by Gasteiger charge is 2.33. The van der Waals surface area contributed by atoms with Gasteiger partial charge in [-0.15, -0.1) is 0 Å². The molecule has 0 aromatic heterocycles. The van der Waals surface area contributed by atoms with Crippen molar-refractivity contribution in [3.8, 4) is 0 Å². The average Bonchev–Trinajstić information content (AvgIpc) is 2.76. The van der Waals surface area contributed by atoms with E-state index in [1.165, 1.54) is 32.1 Å². The summed E-state index contributed by atoms with van der Waals surface area (Å²) in [7, 11) is 0. The van der Waals surface area contributed by atoms with Gasteiger partial charge in [0, 0.05) is 6.42 Å². The third kappa shape index (κ3) is 3.62. The Morgan fingerprint density at radius 2 is 2.06 bits per heavy atom. The first-order valence-corrected chi connectivity index (χ1v) is 6.84. The molecule has 1 aliphatic heterocycles. The SMILES string of the molecule is O=C(O)N[C@@H](CC1CCCCC1)[C@@H]1CCC(=O)O1. The molecule has 2 rings (SSSR count). The van der Waals surface area contributed by atoms with E-state index in [-0.39, 0.29) is 18.1 Å². The van der Waals surface area contributed by atoms with Crippen molar-refractivity contribution in [3.05, 3.63) is 0 Å². The molecule has 0 unspecified atom stereocenters. The van der Waals surface area contributed by atoms with Crippen LogP contribution in [0.4, 0.5) is 4.79 Å². The Hall–Kier alpha value is -1.26. The fourth-order valence-electron chi connectivity index (χ4n) is 3.07. The Bertz CT molecular complexity index is 312. The van der Waals surface area contributed by atoms with E-state index in [2.05, 4.69) is 5.32 Å². The van der Waals surface area contributed by atoms with Gasteiger partial charge in [0.15, 0.2) is 0 Å². The summed E-state index contributed by atoms with van der Waals surface area (Å²) < 4.78 is 5.20. The van der Waals surface area contributed by atoms with Crippen molar-refractivity contribution in [2.45, 2.75) is 63.5 Å². The first-order valence-electron chi connectivity index (χ1n) is 6.84. The number of nitrogens with one attached hydrogen (secondary N) is 1. The number of cyclic esters (lactones) is 1. The third-order valence-corrected chi connectivity index (χ3v) is 3.99. The maximum absolute atomic E-state index is 11.1. The molecular formula is C13H21NO4. The zero-order valence-electron chi connectivity index (χ0n) is 10.6. The lowest BCUT2D eigenvalue weighted by atomic mass is 9.83. The molecule has 2 N–H and O–H groups in total. The number of hydrogen-bond acceptors (Lipinski definition) is 3. The summed E-state index contributed by atoms with van der Waals surface area (Å²) in [6, 6.07) is -0.239. The van der Waals surface area contributed by atoms with Gasteiger partial charge in [-0.05, 0) is 18.8 Å². The number of rotatable bonds is 4. The molecule has 5 heteroatoms. The van der Waals surface area contributed by atoms with Gasteiger partial charge in [-0.25, -0.2) is 4.79 Å². The van der Waals surface area contributed by atoms with Gasteiger partial charge in [-0.3, -0.25) is 4.79 Å². The van der Waals surface area contributed by atoms with E-state index >= 15 is 0 Å². The van der Waals surface area contributed by atoms with Crippen LogP contribution in [0.1, 0.15) is 51.4 Å². The summed E-state index contributed by atoms with van der Waals surface area (Å²) in [5.74, 6) is 0.357. The van der Waals surface area contributed by atoms with Gasteiger partial charge in [-0.2, -0.15) is 0 Å². The quantitative estimate of drug-likeness (QED) is 0.756. The van der Waals surface area contributed by atoms with Gasteiger partial charge in [0.1, 0.15) is 6.10 Å². The van der Waals surface area contributed by atoms with Crippen LogP contribution in [-0.2, 0) is 9.53 Å². The molecule has 1 heterocycles. The topological polar surface area (TPSA) is 75.6 Å². The Morgan fingerprint density at radius 3 is 2.61 bits per heavy atom. The lowest BCUT2D eigenvalue weighted by molar-refractivity contribution is -0.142. The van der Waals surface area contributed by atoms with E-state index in [0.717, 1.165) is 6.42 Å². The van der Waals surface area contributed by atoms with Crippen LogP contribution in [0, 0.1) is 5.92 Å². The van der Waals surface area contributed by atoms with Gasteiger partial charge in [0.25, 0.3) is 0 Å². The van der Waals surface area contributed by atoms with Crippen LogP contribution >= 0.6 is 0 Å². The fourth-order valence-corrected chi connectivity index (χ4v) is 3.07. The van der Waals surface area contributed by atoms with Crippen molar-refractivity contribution in [2.75, 3.05) is 0 Å². The van der Waals surface area contributed by atoms with Crippen LogP contribution in [0.3, 0.4) is 0 Å². The van der Waals surface area contributed by atoms with Crippen LogP contribution < -0.4 is 5.32 Å². The van der Waals surface area contributed by atoms with Crippen molar-refractivity contribution < 1.29 is 19.4 Å². The molecule has 1 saturated heterocycles. The number of carboxylic acid groups (broad SMARTS) is 1. The molecule has 18 heavy (non-hydrogen) atoms. The molecule has 2 fully saturated rings. The number of ether oxygens (including phenoxy) is 1. The molecule has 1 amide bonds. The van der Waals surface area contributed by atoms with E-state index in [1.807, 2.05) is 0 Å². The molecule has 5 nitrogen and oxygen atoms in total. The highest BCUT2D eigenvalue weighted by molar-refractivity contribution is 5.72. The number of amides is 1. The monoisotopic (exact) mass is 255 g/mol. The van der Waals surface area contributed by atoms with Gasteiger partial charge < -0.3 is 15.2 Å². The second-order valence-electron chi connectivity index (χ2n) is 5.36. The zero-order valence-corrected chi connectivity index (χ0v) is 10.6. The van der Waals surface area contributed by atoms with Gasteiger partial charge >= 0.3 is 12.1 Å². The molecular weight excluding hydrogens is 234 g/mol. The average molecular weight is 255 g/mol. The summed E-state index contributed by atoms with van der Waals surface area (Å²) in [4.78, 5) is 22.0. The van der Waals surface area contributed by atoms with E-state index in [9.17, 15) is 9.59 Å². The number of esters is 1. The largest absolute Gasteiger partial charge is 0.465 e. The number of carbonyl (C=O) groups excluding carboxylic acids is 1. The predicted octanol–water partition coefficient (Wildman–Crippen LogP) is 2.30. The van der Waals surface area contributed by atoms with E-state index < -0.39 is 6.09 Å². The molecule has 0 spiro atoms. The molecule has 0 radical (unpaired) electrons. The highest BCUT2D eigenvalue weighted by Crippen LogP contribution is 2.30. The lowest BCUT2D eigenvalue weighted by Crippen LogP contribution is -2.44. The summed E-state index contributed by atoms with van der Waals surface area (Å²) in [5.41, 5.74) is 0. The van der Waals surface area contributed by atoms with Crippen LogP contribution in [-0.4, -0.2) is 29.3 Å². The first-order chi connectivity index (χ1) is 8.65. The maximum Gasteiger partial charge on any atom is 0.405 e. The second-order valence-corrected chi connectivity index (χ2v) is 5.36. The lowest BCUT2D eigenvalue weighted by Gasteiger charge is -2.29. The van der Waals surface area contributed by atoms with Gasteiger partial charge in [0.2, 0.25) is 0 Å². The summed E-state index contributed by atoms with van der Waals surface area (Å²) in [5, 5.41) is 11.4. The van der Waals surface area contributed by atoms with Crippen LogP contribution in [0.2, 0.25) is 0 Å². The molecule has 1 saturated carbocycles. The molecule has 0 aromatic rings. The fraction of sp³-hybridized carbons (Fsp3) is 0.846. The van der Waals surface area contributed by atoms with Gasteiger partial charge in [0.05, 0.1) is 6.04 Å². The number of carbonyl (C=O) groups is 2. The van der Waals surface area contributed by atoms with Crippen molar-refractivity contribution >= 4 is 12.1 Å². The van der Waals surface area contributed by atoms with Gasteiger partial charge in [-0.1, -0.05) is 32.1 Å². The van der Waals surface area contributed by atoms with Crippen LogP contribution in [0.15, 0.2) is 0 Å². The smallest absolute Gasteiger partial charge is 0.405 e. The normalized spacial score (nSPS) is 26.7. The van der Waals surface area contributed by atoms with Crippen molar-refractivity contribution in [3.63, 3.8) is 0 Å². The molecule has 102 valence electrons. The minimum atomic E-state index is -1.03. The Labute approximate surface area is 107 Å². The second kappa shape index (κ2) is 6.07. The molecule has 2 atom stereocenters. The molecule has 1 aliphatic carbocycles. The predicted molar refractivity (Wildman–Crippen MR) is 65.3 cm³/mol. The summed E-state index contributed by atoms with van der Waals surface area (Å²) >= 11 is 0. The Kier molecular flexibility index (Phi) is 4.44. The molecule has 2 aliphatic rings.